The van der Waals surface area contributed by atoms with Crippen molar-refractivity contribution in [2.75, 3.05) is 23.5 Å². The highest BCUT2D eigenvalue weighted by molar-refractivity contribution is 7.92. The van der Waals surface area contributed by atoms with Gasteiger partial charge in [0.25, 0.3) is 10.0 Å². The molecular weight excluding hydrogens is 561 g/mol. The molecule has 0 radical (unpaired) electrons. The van der Waals surface area contributed by atoms with Crippen molar-refractivity contribution in [2.45, 2.75) is 42.5 Å². The van der Waals surface area contributed by atoms with Crippen molar-refractivity contribution in [1.29, 1.82) is 0 Å². The molecular formula is C27H25F3N6O2S2. The molecule has 2 aromatic heterocycles. The van der Waals surface area contributed by atoms with E-state index in [1.807, 2.05) is 0 Å². The van der Waals surface area contributed by atoms with Crippen molar-refractivity contribution in [1.82, 2.24) is 19.9 Å². The van der Waals surface area contributed by atoms with Crippen LogP contribution in [0.2, 0.25) is 0 Å². The molecule has 1 saturated carbocycles. The first-order valence-corrected chi connectivity index (χ1v) is 15.1. The van der Waals surface area contributed by atoms with Crippen molar-refractivity contribution < 1.29 is 21.6 Å². The van der Waals surface area contributed by atoms with Crippen LogP contribution in [-0.2, 0) is 10.0 Å². The molecule has 1 aliphatic heterocycles. The lowest BCUT2D eigenvalue weighted by Gasteiger charge is -2.30. The number of benzene rings is 2. The van der Waals surface area contributed by atoms with Gasteiger partial charge in [0.1, 0.15) is 16.5 Å². The molecule has 0 bridgehead atoms. The van der Waals surface area contributed by atoms with Crippen LogP contribution in [0.3, 0.4) is 0 Å². The number of piperidine rings is 1. The number of hydrogen-bond acceptors (Lipinski definition) is 8. The Morgan fingerprint density at radius 2 is 1.77 bits per heavy atom. The number of halogens is 3. The fraction of sp³-hybridized carbons (Fsp3) is 0.296. The van der Waals surface area contributed by atoms with Crippen LogP contribution in [0.4, 0.5) is 24.8 Å². The van der Waals surface area contributed by atoms with Crippen molar-refractivity contribution in [3.63, 3.8) is 0 Å². The van der Waals surface area contributed by atoms with Gasteiger partial charge in [-0.3, -0.25) is 4.72 Å². The lowest BCUT2D eigenvalue weighted by molar-refractivity contribution is 0.203. The molecule has 3 heterocycles. The highest BCUT2D eigenvalue weighted by atomic mass is 32.2. The Morgan fingerprint density at radius 3 is 2.50 bits per heavy atom. The van der Waals surface area contributed by atoms with Crippen LogP contribution in [0.25, 0.3) is 21.8 Å². The number of rotatable bonds is 7. The lowest BCUT2D eigenvalue weighted by atomic mass is 9.97. The van der Waals surface area contributed by atoms with Gasteiger partial charge in [0.2, 0.25) is 5.95 Å². The zero-order valence-corrected chi connectivity index (χ0v) is 22.8. The van der Waals surface area contributed by atoms with E-state index in [2.05, 4.69) is 19.6 Å². The minimum Gasteiger partial charge on any atom is -0.368 e. The second-order valence-corrected chi connectivity index (χ2v) is 12.6. The SMILES string of the molecule is Nc1nccc(-c2sc(C3CCN(C4CC4)CC3)nc2-c2cccc(NS(=O)(=O)c3cc(F)ccc3F)c2F)n1. The minimum absolute atomic E-state index is 0.0324. The Morgan fingerprint density at radius 1 is 1.00 bits per heavy atom. The molecule has 1 aliphatic carbocycles. The third kappa shape index (κ3) is 5.28. The van der Waals surface area contributed by atoms with Crippen molar-refractivity contribution >= 4 is 33.0 Å². The van der Waals surface area contributed by atoms with Crippen LogP contribution >= 0.6 is 11.3 Å². The number of nitrogens with two attached hydrogens (primary N) is 1. The van der Waals surface area contributed by atoms with Gasteiger partial charge in [-0.15, -0.1) is 11.3 Å². The van der Waals surface area contributed by atoms with Gasteiger partial charge >= 0.3 is 0 Å². The number of nitrogens with one attached hydrogen (secondary N) is 1. The molecule has 13 heteroatoms. The second kappa shape index (κ2) is 10.5. The fourth-order valence-electron chi connectivity index (χ4n) is 5.00. The largest absolute Gasteiger partial charge is 0.368 e. The summed E-state index contributed by atoms with van der Waals surface area (Å²) in [5.74, 6) is -2.78. The molecule has 0 amide bonds. The third-order valence-corrected chi connectivity index (χ3v) is 9.79. The summed E-state index contributed by atoms with van der Waals surface area (Å²) in [6.45, 7) is 1.95. The summed E-state index contributed by atoms with van der Waals surface area (Å²) in [5, 5.41) is 0.838. The molecule has 0 spiro atoms. The maximum atomic E-state index is 16.0. The molecule has 208 valence electrons. The number of anilines is 2. The van der Waals surface area contributed by atoms with Gasteiger partial charge in [-0.25, -0.2) is 36.5 Å². The van der Waals surface area contributed by atoms with Crippen molar-refractivity contribution in [2.24, 2.45) is 0 Å². The highest BCUT2D eigenvalue weighted by Gasteiger charge is 2.34. The van der Waals surface area contributed by atoms with Crippen molar-refractivity contribution in [3.05, 3.63) is 71.1 Å². The molecule has 0 unspecified atom stereocenters. The van der Waals surface area contributed by atoms with E-state index in [9.17, 15) is 17.2 Å². The predicted molar refractivity (Wildman–Crippen MR) is 147 cm³/mol. The van der Waals surface area contributed by atoms with Gasteiger partial charge in [-0.1, -0.05) is 6.07 Å². The summed E-state index contributed by atoms with van der Waals surface area (Å²) < 4.78 is 71.6. The minimum atomic E-state index is -4.64. The molecule has 2 aromatic carbocycles. The lowest BCUT2D eigenvalue weighted by Crippen LogP contribution is -2.34. The van der Waals surface area contributed by atoms with E-state index in [1.165, 1.54) is 48.6 Å². The number of nitrogens with zero attached hydrogens (tertiary/aromatic N) is 4. The molecule has 8 nitrogen and oxygen atoms in total. The maximum absolute atomic E-state index is 16.0. The molecule has 0 atom stereocenters. The summed E-state index contributed by atoms with van der Waals surface area (Å²) in [6.07, 6.45) is 5.85. The quantitative estimate of drug-likeness (QED) is 0.298. The first-order chi connectivity index (χ1) is 19.2. The third-order valence-electron chi connectivity index (χ3n) is 7.17. The fourth-order valence-corrected chi connectivity index (χ4v) is 7.36. The Kier molecular flexibility index (Phi) is 6.97. The molecule has 1 saturated heterocycles. The molecule has 40 heavy (non-hydrogen) atoms. The van der Waals surface area contributed by atoms with Gasteiger partial charge in [-0.2, -0.15) is 0 Å². The number of hydrogen-bond donors (Lipinski definition) is 2. The Balaban J connectivity index is 1.38. The predicted octanol–water partition coefficient (Wildman–Crippen LogP) is 5.41. The monoisotopic (exact) mass is 586 g/mol. The first-order valence-electron chi connectivity index (χ1n) is 12.8. The number of thiazole rings is 1. The smallest absolute Gasteiger partial charge is 0.265 e. The van der Waals surface area contributed by atoms with Crippen LogP contribution in [0.5, 0.6) is 0 Å². The van der Waals surface area contributed by atoms with Crippen LogP contribution in [0.15, 0.2) is 53.6 Å². The number of sulfonamides is 1. The molecule has 2 fully saturated rings. The van der Waals surface area contributed by atoms with Crippen LogP contribution in [-0.4, -0.2) is 47.4 Å². The molecule has 4 aromatic rings. The summed E-state index contributed by atoms with van der Waals surface area (Å²) in [6, 6.07) is 8.53. The summed E-state index contributed by atoms with van der Waals surface area (Å²) in [5.41, 5.74) is 6.19. The van der Waals surface area contributed by atoms with E-state index in [4.69, 9.17) is 10.7 Å². The Bertz CT molecular complexity index is 1690. The van der Waals surface area contributed by atoms with E-state index in [0.717, 1.165) is 37.0 Å². The van der Waals surface area contributed by atoms with Crippen LogP contribution < -0.4 is 10.5 Å². The molecule has 2 aliphatic rings. The average molecular weight is 587 g/mol. The van der Waals surface area contributed by atoms with Crippen molar-refractivity contribution in [3.8, 4) is 21.8 Å². The average Bonchev–Trinajstić information content (AvgIpc) is 3.69. The molecule has 3 N–H and O–H groups in total. The highest BCUT2D eigenvalue weighted by Crippen LogP contribution is 2.43. The number of likely N-dealkylation sites (tertiary alicyclic amines) is 1. The number of nitrogen functional groups attached to an aromatic ring is 1. The van der Waals surface area contributed by atoms with Gasteiger partial charge < -0.3 is 10.6 Å². The standard InChI is InChI=1S/C27H25F3N6O2S2/c28-16-4-7-19(29)22(14-16)40(37,38)35-20-3-1-2-18(23(20)30)24-25(21-8-11-32-27(31)33-21)39-26(34-24)15-9-12-36(13-10-15)17-5-6-17/h1-4,7-8,11,14-15,17,35H,5-6,9-10,12-13H2,(H2,31,32,33). The Hall–Kier alpha value is -3.55. The van der Waals surface area contributed by atoms with E-state index in [1.54, 1.807) is 6.07 Å². The second-order valence-electron chi connectivity index (χ2n) is 9.92. The zero-order chi connectivity index (χ0) is 28.0. The van der Waals surface area contributed by atoms with Gasteiger partial charge in [0.05, 0.1) is 27.0 Å². The van der Waals surface area contributed by atoms with E-state index < -0.39 is 38.1 Å². The number of aromatic nitrogens is 3. The Labute approximate surface area is 233 Å². The van der Waals surface area contributed by atoms with E-state index in [0.29, 0.717) is 34.4 Å². The zero-order valence-electron chi connectivity index (χ0n) is 21.1. The molecule has 6 rings (SSSR count). The van der Waals surface area contributed by atoms with Gasteiger partial charge in [0, 0.05) is 23.7 Å². The maximum Gasteiger partial charge on any atom is 0.265 e. The van der Waals surface area contributed by atoms with E-state index in [-0.39, 0.29) is 17.4 Å². The first kappa shape index (κ1) is 26.7. The van der Waals surface area contributed by atoms with Crippen LogP contribution in [0, 0.1) is 17.5 Å². The summed E-state index contributed by atoms with van der Waals surface area (Å²) in [7, 11) is -4.64. The topological polar surface area (TPSA) is 114 Å². The van der Waals surface area contributed by atoms with E-state index >= 15 is 4.39 Å². The summed E-state index contributed by atoms with van der Waals surface area (Å²) >= 11 is 1.40. The van der Waals surface area contributed by atoms with Gasteiger partial charge in [0.15, 0.2) is 5.82 Å². The van der Waals surface area contributed by atoms with Gasteiger partial charge in [-0.05, 0) is 75.2 Å². The normalized spacial score (nSPS) is 16.8. The van der Waals surface area contributed by atoms with Crippen LogP contribution in [0.1, 0.15) is 36.6 Å². The summed E-state index contributed by atoms with van der Waals surface area (Å²) in [4.78, 5) is 15.3.